The zero-order valence-electron chi connectivity index (χ0n) is 7.57. The van der Waals surface area contributed by atoms with Crippen LogP contribution in [0.2, 0.25) is 0 Å². The maximum atomic E-state index is 4.99. The molecule has 0 aromatic carbocycles. The summed E-state index contributed by atoms with van der Waals surface area (Å²) in [5, 5.41) is 7.06. The molecule has 1 unspecified atom stereocenters. The fourth-order valence-electron chi connectivity index (χ4n) is 1.55. The van der Waals surface area contributed by atoms with Crippen molar-refractivity contribution in [3.05, 3.63) is 30.2 Å². The first-order chi connectivity index (χ1) is 6.45. The lowest BCUT2D eigenvalue weighted by molar-refractivity contribution is 0.365. The molecule has 0 bridgehead atoms. The Morgan fingerprint density at radius 2 is 2.62 bits per heavy atom. The van der Waals surface area contributed by atoms with Gasteiger partial charge >= 0.3 is 0 Å². The number of rotatable bonds is 3. The maximum Gasteiger partial charge on any atom is 0.150 e. The zero-order valence-corrected chi connectivity index (χ0v) is 7.57. The third-order valence-electron chi connectivity index (χ3n) is 2.28. The van der Waals surface area contributed by atoms with Crippen LogP contribution in [0.5, 0.6) is 0 Å². The summed E-state index contributed by atoms with van der Waals surface area (Å²) >= 11 is 0. The van der Waals surface area contributed by atoms with E-state index in [1.807, 2.05) is 6.07 Å². The smallest absolute Gasteiger partial charge is 0.150 e. The Hall–Kier alpha value is -1.09. The number of aromatic nitrogens is 1. The lowest BCUT2D eigenvalue weighted by Gasteiger charge is -2.16. The Balaban J connectivity index is 1.79. The van der Waals surface area contributed by atoms with Crippen LogP contribution < -0.4 is 5.32 Å². The summed E-state index contributed by atoms with van der Waals surface area (Å²) in [5.74, 6) is 0.902. The van der Waals surface area contributed by atoms with Crippen molar-refractivity contribution in [2.75, 3.05) is 0 Å². The van der Waals surface area contributed by atoms with E-state index in [2.05, 4.69) is 22.6 Å². The monoisotopic (exact) mass is 178 g/mol. The van der Waals surface area contributed by atoms with Crippen LogP contribution in [-0.4, -0.2) is 11.2 Å². The molecule has 3 heteroatoms. The molecule has 0 amide bonds. The first-order valence-electron chi connectivity index (χ1n) is 4.75. The van der Waals surface area contributed by atoms with E-state index >= 15 is 0 Å². The molecule has 1 aliphatic rings. The molecule has 0 saturated carbocycles. The molecule has 0 spiro atoms. The average molecular weight is 178 g/mol. The molecule has 1 aromatic rings. The summed E-state index contributed by atoms with van der Waals surface area (Å²) in [6.45, 7) is 0.773. The topological polar surface area (TPSA) is 38.1 Å². The van der Waals surface area contributed by atoms with Crippen molar-refractivity contribution in [3.8, 4) is 0 Å². The number of nitrogens with zero attached hydrogens (tertiary/aromatic N) is 1. The van der Waals surface area contributed by atoms with Crippen LogP contribution in [0.25, 0.3) is 0 Å². The van der Waals surface area contributed by atoms with Crippen molar-refractivity contribution < 1.29 is 4.52 Å². The maximum absolute atomic E-state index is 4.99. The van der Waals surface area contributed by atoms with Gasteiger partial charge in [0.2, 0.25) is 0 Å². The third-order valence-corrected chi connectivity index (χ3v) is 2.28. The normalized spacial score (nSPS) is 22.0. The van der Waals surface area contributed by atoms with Gasteiger partial charge in [-0.05, 0) is 19.3 Å². The minimum atomic E-state index is 0.513. The van der Waals surface area contributed by atoms with Crippen LogP contribution in [-0.2, 0) is 6.54 Å². The molecule has 1 aromatic heterocycles. The highest BCUT2D eigenvalue weighted by atomic mass is 16.5. The number of hydrogen-bond donors (Lipinski definition) is 1. The van der Waals surface area contributed by atoms with Crippen LogP contribution in [0.3, 0.4) is 0 Å². The third kappa shape index (κ3) is 2.42. The van der Waals surface area contributed by atoms with Gasteiger partial charge in [-0.1, -0.05) is 17.3 Å². The minimum Gasteiger partial charge on any atom is -0.360 e. The number of allylic oxidation sites excluding steroid dienone is 1. The highest BCUT2D eigenvalue weighted by molar-refractivity contribution is 4.99. The highest BCUT2D eigenvalue weighted by Gasteiger charge is 2.07. The average Bonchev–Trinajstić information content (AvgIpc) is 2.69. The number of nitrogens with one attached hydrogen (secondary N) is 1. The molecule has 13 heavy (non-hydrogen) atoms. The fourth-order valence-corrected chi connectivity index (χ4v) is 1.55. The van der Waals surface area contributed by atoms with Crippen molar-refractivity contribution in [3.63, 3.8) is 0 Å². The van der Waals surface area contributed by atoms with Crippen LogP contribution in [0.15, 0.2) is 28.9 Å². The molecule has 0 aliphatic heterocycles. The van der Waals surface area contributed by atoms with Gasteiger partial charge in [0.1, 0.15) is 5.76 Å². The van der Waals surface area contributed by atoms with E-state index in [9.17, 15) is 0 Å². The first kappa shape index (κ1) is 8.51. The van der Waals surface area contributed by atoms with Crippen molar-refractivity contribution in [2.45, 2.75) is 31.8 Å². The van der Waals surface area contributed by atoms with Gasteiger partial charge in [-0.3, -0.25) is 0 Å². The molecule has 0 fully saturated rings. The Morgan fingerprint density at radius 1 is 1.62 bits per heavy atom. The van der Waals surface area contributed by atoms with Crippen molar-refractivity contribution in [1.82, 2.24) is 10.5 Å². The molecule has 1 aliphatic carbocycles. The fraction of sp³-hybridized carbons (Fsp3) is 0.500. The lowest BCUT2D eigenvalue weighted by atomic mass is 10.0. The van der Waals surface area contributed by atoms with Gasteiger partial charge in [0.25, 0.3) is 0 Å². The van der Waals surface area contributed by atoms with E-state index < -0.39 is 0 Å². The van der Waals surface area contributed by atoms with Crippen LogP contribution in [0, 0.1) is 0 Å². The molecule has 1 N–H and O–H groups in total. The minimum absolute atomic E-state index is 0.513. The van der Waals surface area contributed by atoms with Crippen molar-refractivity contribution in [1.29, 1.82) is 0 Å². The molecule has 0 saturated heterocycles. The van der Waals surface area contributed by atoms with E-state index in [1.54, 1.807) is 6.20 Å². The summed E-state index contributed by atoms with van der Waals surface area (Å²) in [6.07, 6.45) is 9.88. The second-order valence-corrected chi connectivity index (χ2v) is 3.33. The standard InChI is InChI=1S/C10H14N2O/c1-2-4-9(5-3-1)11-8-10-6-7-12-13-10/h2,4,6-7,9,11H,1,3,5,8H2. The van der Waals surface area contributed by atoms with E-state index in [4.69, 9.17) is 4.52 Å². The SMILES string of the molecule is C1=CC(NCc2ccno2)CCC1. The second-order valence-electron chi connectivity index (χ2n) is 3.33. The zero-order chi connectivity index (χ0) is 8.93. The summed E-state index contributed by atoms with van der Waals surface area (Å²) in [5.41, 5.74) is 0. The molecule has 3 nitrogen and oxygen atoms in total. The largest absolute Gasteiger partial charge is 0.360 e. The van der Waals surface area contributed by atoms with Gasteiger partial charge in [0.15, 0.2) is 0 Å². The highest BCUT2D eigenvalue weighted by Crippen LogP contribution is 2.10. The Bertz CT molecular complexity index is 266. The molecule has 0 radical (unpaired) electrons. The van der Waals surface area contributed by atoms with Crippen molar-refractivity contribution in [2.24, 2.45) is 0 Å². The molecule has 2 rings (SSSR count). The lowest BCUT2D eigenvalue weighted by Crippen LogP contribution is -2.27. The molecule has 1 heterocycles. The van der Waals surface area contributed by atoms with Gasteiger partial charge < -0.3 is 9.84 Å². The summed E-state index contributed by atoms with van der Waals surface area (Å²) in [4.78, 5) is 0. The summed E-state index contributed by atoms with van der Waals surface area (Å²) < 4.78 is 4.99. The Morgan fingerprint density at radius 3 is 3.31 bits per heavy atom. The van der Waals surface area contributed by atoms with E-state index in [-0.39, 0.29) is 0 Å². The predicted molar refractivity (Wildman–Crippen MR) is 50.1 cm³/mol. The van der Waals surface area contributed by atoms with E-state index in [0.717, 1.165) is 12.3 Å². The van der Waals surface area contributed by atoms with Gasteiger partial charge in [-0.15, -0.1) is 0 Å². The van der Waals surface area contributed by atoms with E-state index in [1.165, 1.54) is 19.3 Å². The molecular formula is C10H14N2O. The van der Waals surface area contributed by atoms with E-state index in [0.29, 0.717) is 6.04 Å². The van der Waals surface area contributed by atoms with Gasteiger partial charge in [0.05, 0.1) is 12.7 Å². The Kier molecular flexibility index (Phi) is 2.77. The quantitative estimate of drug-likeness (QED) is 0.718. The second kappa shape index (κ2) is 4.23. The molecular weight excluding hydrogens is 164 g/mol. The predicted octanol–water partition coefficient (Wildman–Crippen LogP) is 1.87. The van der Waals surface area contributed by atoms with Gasteiger partial charge in [0, 0.05) is 12.1 Å². The van der Waals surface area contributed by atoms with Gasteiger partial charge in [-0.25, -0.2) is 0 Å². The van der Waals surface area contributed by atoms with Crippen molar-refractivity contribution >= 4 is 0 Å². The summed E-state index contributed by atoms with van der Waals surface area (Å²) in [6, 6.07) is 2.40. The summed E-state index contributed by atoms with van der Waals surface area (Å²) in [7, 11) is 0. The van der Waals surface area contributed by atoms with Crippen LogP contribution in [0.1, 0.15) is 25.0 Å². The first-order valence-corrected chi connectivity index (χ1v) is 4.75. The molecule has 1 atom stereocenters. The van der Waals surface area contributed by atoms with Crippen LogP contribution >= 0.6 is 0 Å². The molecule has 70 valence electrons. The van der Waals surface area contributed by atoms with Crippen LogP contribution in [0.4, 0.5) is 0 Å². The van der Waals surface area contributed by atoms with Gasteiger partial charge in [-0.2, -0.15) is 0 Å². The Labute approximate surface area is 77.8 Å². The number of hydrogen-bond acceptors (Lipinski definition) is 3.